The molecule has 0 bridgehead atoms. The quantitative estimate of drug-likeness (QED) is 0.666. The third-order valence-corrected chi connectivity index (χ3v) is 3.72. The molecule has 3 N–H and O–H groups in total. The fourth-order valence-electron chi connectivity index (χ4n) is 1.82. The van der Waals surface area contributed by atoms with Crippen molar-refractivity contribution in [2.24, 2.45) is 0 Å². The zero-order valence-corrected chi connectivity index (χ0v) is 11.5. The molecule has 2 aromatic rings. The largest absolute Gasteiger partial charge is 0.508 e. The number of carbonyl (C=O) groups is 1. The fraction of sp³-hybridized carbons (Fsp3) is 0.214. The van der Waals surface area contributed by atoms with E-state index in [1.54, 1.807) is 22.3 Å². The molecule has 1 aromatic carbocycles. The summed E-state index contributed by atoms with van der Waals surface area (Å²) in [6, 6.07) is 8.38. The molecular formula is C14H16N2O2S. The van der Waals surface area contributed by atoms with E-state index in [4.69, 9.17) is 5.73 Å². The molecule has 0 radical (unpaired) electrons. The monoisotopic (exact) mass is 276 g/mol. The highest BCUT2D eigenvalue weighted by atomic mass is 32.1. The fourth-order valence-corrected chi connectivity index (χ4v) is 2.54. The van der Waals surface area contributed by atoms with Crippen LogP contribution in [-0.2, 0) is 6.54 Å². The summed E-state index contributed by atoms with van der Waals surface area (Å²) in [6.45, 7) is 3.07. The van der Waals surface area contributed by atoms with Crippen molar-refractivity contribution >= 4 is 22.9 Å². The third-order valence-electron chi connectivity index (χ3n) is 2.86. The number of amides is 1. The Kier molecular flexibility index (Phi) is 4.06. The second-order valence-electron chi connectivity index (χ2n) is 4.17. The van der Waals surface area contributed by atoms with Crippen molar-refractivity contribution in [3.63, 3.8) is 0 Å². The van der Waals surface area contributed by atoms with E-state index in [-0.39, 0.29) is 11.7 Å². The molecular weight excluding hydrogens is 260 g/mol. The van der Waals surface area contributed by atoms with E-state index in [9.17, 15) is 9.90 Å². The maximum absolute atomic E-state index is 12.4. The maximum atomic E-state index is 12.4. The van der Waals surface area contributed by atoms with Gasteiger partial charge in [0.15, 0.2) is 0 Å². The topological polar surface area (TPSA) is 66.6 Å². The predicted octanol–water partition coefficient (Wildman–Crippen LogP) is 2.70. The number of rotatable bonds is 4. The number of phenolic OH excluding ortho intramolecular Hbond substituents is 1. The Morgan fingerprint density at radius 3 is 2.84 bits per heavy atom. The molecule has 2 rings (SSSR count). The zero-order valence-electron chi connectivity index (χ0n) is 10.7. The second-order valence-corrected chi connectivity index (χ2v) is 5.20. The minimum Gasteiger partial charge on any atom is -0.508 e. The number of phenols is 1. The van der Waals surface area contributed by atoms with Crippen LogP contribution < -0.4 is 5.73 Å². The van der Waals surface area contributed by atoms with Gasteiger partial charge in [-0.3, -0.25) is 4.79 Å². The van der Waals surface area contributed by atoms with Crippen LogP contribution in [0.1, 0.15) is 22.2 Å². The van der Waals surface area contributed by atoms with Gasteiger partial charge in [-0.2, -0.15) is 0 Å². The zero-order chi connectivity index (χ0) is 13.8. The first-order valence-corrected chi connectivity index (χ1v) is 6.90. The summed E-state index contributed by atoms with van der Waals surface area (Å²) in [5.74, 6) is -0.117. The van der Waals surface area contributed by atoms with Crippen LogP contribution >= 0.6 is 11.3 Å². The van der Waals surface area contributed by atoms with E-state index in [0.29, 0.717) is 24.3 Å². The summed E-state index contributed by atoms with van der Waals surface area (Å²) in [5, 5.41) is 11.5. The number of hydrogen-bond donors (Lipinski definition) is 2. The maximum Gasteiger partial charge on any atom is 0.256 e. The Labute approximate surface area is 116 Å². The molecule has 0 saturated heterocycles. The highest BCUT2D eigenvalue weighted by molar-refractivity contribution is 7.09. The average molecular weight is 276 g/mol. The summed E-state index contributed by atoms with van der Waals surface area (Å²) in [7, 11) is 0. The van der Waals surface area contributed by atoms with Crippen LogP contribution in [0.5, 0.6) is 5.75 Å². The van der Waals surface area contributed by atoms with Gasteiger partial charge in [0.1, 0.15) is 5.75 Å². The van der Waals surface area contributed by atoms with E-state index < -0.39 is 0 Å². The smallest absolute Gasteiger partial charge is 0.256 e. The summed E-state index contributed by atoms with van der Waals surface area (Å²) in [5.41, 5.74) is 6.53. The van der Waals surface area contributed by atoms with Gasteiger partial charge in [0.25, 0.3) is 5.91 Å². The van der Waals surface area contributed by atoms with Gasteiger partial charge in [0.2, 0.25) is 0 Å². The van der Waals surface area contributed by atoms with E-state index in [2.05, 4.69) is 0 Å². The van der Waals surface area contributed by atoms with Crippen molar-refractivity contribution in [3.05, 3.63) is 46.2 Å². The molecule has 0 saturated carbocycles. The molecule has 5 heteroatoms. The molecule has 0 spiro atoms. The summed E-state index contributed by atoms with van der Waals surface area (Å²) >= 11 is 1.61. The molecule has 1 aromatic heterocycles. The highest BCUT2D eigenvalue weighted by Crippen LogP contribution is 2.21. The van der Waals surface area contributed by atoms with Crippen LogP contribution in [0.2, 0.25) is 0 Å². The Balaban J connectivity index is 2.23. The van der Waals surface area contributed by atoms with E-state index in [1.165, 1.54) is 12.1 Å². The van der Waals surface area contributed by atoms with Gasteiger partial charge in [0.05, 0.1) is 12.1 Å². The lowest BCUT2D eigenvalue weighted by Gasteiger charge is -2.21. The van der Waals surface area contributed by atoms with Crippen molar-refractivity contribution in [1.82, 2.24) is 4.90 Å². The molecule has 100 valence electrons. The van der Waals surface area contributed by atoms with Gasteiger partial charge in [-0.1, -0.05) is 6.07 Å². The second kappa shape index (κ2) is 5.75. The van der Waals surface area contributed by atoms with Gasteiger partial charge < -0.3 is 15.7 Å². The number of nitrogen functional groups attached to an aromatic ring is 1. The van der Waals surface area contributed by atoms with Crippen molar-refractivity contribution < 1.29 is 9.90 Å². The average Bonchev–Trinajstić information content (AvgIpc) is 2.91. The first kappa shape index (κ1) is 13.4. The lowest BCUT2D eigenvalue weighted by atomic mass is 10.1. The van der Waals surface area contributed by atoms with Crippen LogP contribution in [0.15, 0.2) is 35.7 Å². The Morgan fingerprint density at radius 1 is 1.42 bits per heavy atom. The summed E-state index contributed by atoms with van der Waals surface area (Å²) in [4.78, 5) is 15.2. The molecule has 0 fully saturated rings. The minimum absolute atomic E-state index is 0.0460. The van der Waals surface area contributed by atoms with Gasteiger partial charge in [-0.15, -0.1) is 11.3 Å². The number of nitrogens with zero attached hydrogens (tertiary/aromatic N) is 1. The molecule has 1 amide bonds. The molecule has 0 aliphatic carbocycles. The number of aromatic hydroxyl groups is 1. The first-order valence-electron chi connectivity index (χ1n) is 6.02. The Hall–Kier alpha value is -2.01. The van der Waals surface area contributed by atoms with Crippen molar-refractivity contribution in [1.29, 1.82) is 0 Å². The number of hydrogen-bond acceptors (Lipinski definition) is 4. The number of thiophene rings is 1. The molecule has 0 unspecified atom stereocenters. The first-order chi connectivity index (χ1) is 9.11. The third kappa shape index (κ3) is 3.06. The van der Waals surface area contributed by atoms with Crippen LogP contribution in [-0.4, -0.2) is 22.5 Å². The summed E-state index contributed by atoms with van der Waals surface area (Å²) in [6.07, 6.45) is 0. The molecule has 0 atom stereocenters. The molecule has 0 aliphatic heterocycles. The molecule has 19 heavy (non-hydrogen) atoms. The Morgan fingerprint density at radius 2 is 2.21 bits per heavy atom. The standard InChI is InChI=1S/C14H16N2O2S/c1-2-16(9-11-4-3-7-19-11)14(18)12-8-10(17)5-6-13(12)15/h3-8,17H,2,9,15H2,1H3. The predicted molar refractivity (Wildman–Crippen MR) is 77.3 cm³/mol. The van der Waals surface area contributed by atoms with Crippen LogP contribution in [0.4, 0.5) is 5.69 Å². The lowest BCUT2D eigenvalue weighted by Crippen LogP contribution is -2.30. The lowest BCUT2D eigenvalue weighted by molar-refractivity contribution is 0.0755. The van der Waals surface area contributed by atoms with Gasteiger partial charge in [0, 0.05) is 17.1 Å². The van der Waals surface area contributed by atoms with Crippen LogP contribution in [0.25, 0.3) is 0 Å². The Bertz CT molecular complexity index is 567. The van der Waals surface area contributed by atoms with Crippen LogP contribution in [0.3, 0.4) is 0 Å². The van der Waals surface area contributed by atoms with Gasteiger partial charge >= 0.3 is 0 Å². The van der Waals surface area contributed by atoms with E-state index in [1.807, 2.05) is 24.4 Å². The summed E-state index contributed by atoms with van der Waals surface area (Å²) < 4.78 is 0. The number of nitrogens with two attached hydrogens (primary N) is 1. The molecule has 4 nitrogen and oxygen atoms in total. The van der Waals surface area contributed by atoms with Gasteiger partial charge in [-0.25, -0.2) is 0 Å². The number of benzene rings is 1. The number of carbonyl (C=O) groups excluding carboxylic acids is 1. The SMILES string of the molecule is CCN(Cc1cccs1)C(=O)c1cc(O)ccc1N. The van der Waals surface area contributed by atoms with Crippen molar-refractivity contribution in [2.45, 2.75) is 13.5 Å². The minimum atomic E-state index is -0.163. The van der Waals surface area contributed by atoms with E-state index in [0.717, 1.165) is 4.88 Å². The van der Waals surface area contributed by atoms with Crippen molar-refractivity contribution in [2.75, 3.05) is 12.3 Å². The van der Waals surface area contributed by atoms with Crippen LogP contribution in [0, 0.1) is 0 Å². The normalized spacial score (nSPS) is 10.4. The molecule has 0 aliphatic rings. The number of anilines is 1. The molecule has 1 heterocycles. The van der Waals surface area contributed by atoms with E-state index >= 15 is 0 Å². The van der Waals surface area contributed by atoms with Crippen molar-refractivity contribution in [3.8, 4) is 5.75 Å². The van der Waals surface area contributed by atoms with Gasteiger partial charge in [-0.05, 0) is 36.6 Å². The highest BCUT2D eigenvalue weighted by Gasteiger charge is 2.17.